The number of carbonyl (C=O) groups is 2. The SMILES string of the molecule is Cc1c(F)cc(C(N)=O)cc1NC(=O)COC(C)C. The van der Waals surface area contributed by atoms with Crippen molar-refractivity contribution in [2.45, 2.75) is 26.9 Å². The van der Waals surface area contributed by atoms with Crippen LogP contribution in [-0.4, -0.2) is 24.5 Å². The van der Waals surface area contributed by atoms with Crippen LogP contribution in [0.1, 0.15) is 29.8 Å². The Morgan fingerprint density at radius 2 is 2.05 bits per heavy atom. The van der Waals surface area contributed by atoms with Crippen molar-refractivity contribution >= 4 is 17.5 Å². The van der Waals surface area contributed by atoms with Crippen LogP contribution >= 0.6 is 0 Å². The van der Waals surface area contributed by atoms with Crippen LogP contribution in [0.3, 0.4) is 0 Å². The fourth-order valence-corrected chi connectivity index (χ4v) is 1.38. The molecule has 0 aromatic heterocycles. The molecule has 0 radical (unpaired) electrons. The second-order valence-electron chi connectivity index (χ2n) is 4.40. The van der Waals surface area contributed by atoms with Gasteiger partial charge in [0.2, 0.25) is 11.8 Å². The van der Waals surface area contributed by atoms with Gasteiger partial charge in [-0.05, 0) is 32.9 Å². The summed E-state index contributed by atoms with van der Waals surface area (Å²) < 4.78 is 18.7. The molecule has 0 unspecified atom stereocenters. The third-order valence-corrected chi connectivity index (χ3v) is 2.45. The van der Waals surface area contributed by atoms with Crippen molar-refractivity contribution in [3.05, 3.63) is 29.1 Å². The number of ether oxygens (including phenoxy) is 1. The summed E-state index contributed by atoms with van der Waals surface area (Å²) in [6.45, 7) is 4.95. The second kappa shape index (κ2) is 6.29. The topological polar surface area (TPSA) is 81.4 Å². The van der Waals surface area contributed by atoms with Gasteiger partial charge in [-0.1, -0.05) is 0 Å². The summed E-state index contributed by atoms with van der Waals surface area (Å²) in [7, 11) is 0. The summed E-state index contributed by atoms with van der Waals surface area (Å²) in [6.07, 6.45) is -0.0828. The number of nitrogens with two attached hydrogens (primary N) is 1. The van der Waals surface area contributed by atoms with E-state index in [9.17, 15) is 14.0 Å². The molecule has 1 rings (SSSR count). The van der Waals surface area contributed by atoms with Gasteiger partial charge in [-0.3, -0.25) is 9.59 Å². The first-order valence-electron chi connectivity index (χ1n) is 5.82. The predicted molar refractivity (Wildman–Crippen MR) is 69.4 cm³/mol. The number of carbonyl (C=O) groups excluding carboxylic acids is 2. The number of hydrogen-bond acceptors (Lipinski definition) is 3. The van der Waals surface area contributed by atoms with Gasteiger partial charge in [0.25, 0.3) is 0 Å². The molecule has 19 heavy (non-hydrogen) atoms. The standard InChI is InChI=1S/C13H17FN2O3/c1-7(2)19-6-12(17)16-11-5-9(13(15)18)4-10(14)8(11)3/h4-5,7H,6H2,1-3H3,(H2,15,18)(H,16,17). The quantitative estimate of drug-likeness (QED) is 0.851. The van der Waals surface area contributed by atoms with Crippen molar-refractivity contribution in [1.29, 1.82) is 0 Å². The summed E-state index contributed by atoms with van der Waals surface area (Å²) in [4.78, 5) is 22.6. The molecule has 5 nitrogen and oxygen atoms in total. The van der Waals surface area contributed by atoms with Crippen molar-refractivity contribution in [3.8, 4) is 0 Å². The van der Waals surface area contributed by atoms with Crippen LogP contribution in [0.5, 0.6) is 0 Å². The van der Waals surface area contributed by atoms with E-state index in [0.29, 0.717) is 0 Å². The Balaban J connectivity index is 2.88. The summed E-state index contributed by atoms with van der Waals surface area (Å²) >= 11 is 0. The normalized spacial score (nSPS) is 10.6. The minimum absolute atomic E-state index is 0.00294. The molecule has 1 aromatic rings. The van der Waals surface area contributed by atoms with Gasteiger partial charge < -0.3 is 15.8 Å². The Hall–Kier alpha value is -1.95. The lowest BCUT2D eigenvalue weighted by Crippen LogP contribution is -2.22. The molecule has 0 heterocycles. The summed E-state index contributed by atoms with van der Waals surface area (Å²) in [6, 6.07) is 2.38. The molecule has 0 bridgehead atoms. The first-order chi connectivity index (χ1) is 8.81. The highest BCUT2D eigenvalue weighted by Gasteiger charge is 2.13. The molecule has 1 aromatic carbocycles. The number of anilines is 1. The van der Waals surface area contributed by atoms with Gasteiger partial charge in [-0.2, -0.15) is 0 Å². The van der Waals surface area contributed by atoms with Crippen molar-refractivity contribution in [2.75, 3.05) is 11.9 Å². The Kier molecular flexibility index (Phi) is 5.00. The zero-order valence-electron chi connectivity index (χ0n) is 11.1. The molecular weight excluding hydrogens is 251 g/mol. The van der Waals surface area contributed by atoms with Crippen LogP contribution in [0.2, 0.25) is 0 Å². The number of primary amides is 1. The fourth-order valence-electron chi connectivity index (χ4n) is 1.38. The van der Waals surface area contributed by atoms with Crippen molar-refractivity contribution in [1.82, 2.24) is 0 Å². The van der Waals surface area contributed by atoms with E-state index in [1.165, 1.54) is 13.0 Å². The molecule has 3 N–H and O–H groups in total. The van der Waals surface area contributed by atoms with Gasteiger partial charge in [-0.15, -0.1) is 0 Å². The zero-order valence-corrected chi connectivity index (χ0v) is 11.1. The van der Waals surface area contributed by atoms with Crippen LogP contribution in [-0.2, 0) is 9.53 Å². The molecule has 6 heteroatoms. The summed E-state index contributed by atoms with van der Waals surface area (Å²) in [5, 5.41) is 2.49. The van der Waals surface area contributed by atoms with Gasteiger partial charge in [0, 0.05) is 16.8 Å². The summed E-state index contributed by atoms with van der Waals surface area (Å²) in [5.41, 5.74) is 5.54. The number of rotatable bonds is 5. The second-order valence-corrected chi connectivity index (χ2v) is 4.40. The molecular formula is C13H17FN2O3. The Morgan fingerprint density at radius 1 is 1.42 bits per heavy atom. The minimum Gasteiger partial charge on any atom is -0.369 e. The van der Waals surface area contributed by atoms with Gasteiger partial charge in [0.15, 0.2) is 0 Å². The molecule has 2 amide bonds. The molecule has 0 aliphatic heterocycles. The molecule has 0 aliphatic rings. The molecule has 0 fully saturated rings. The average Bonchev–Trinajstić information content (AvgIpc) is 2.31. The monoisotopic (exact) mass is 268 g/mol. The van der Waals surface area contributed by atoms with E-state index in [1.807, 2.05) is 0 Å². The van der Waals surface area contributed by atoms with Crippen LogP contribution in [0.25, 0.3) is 0 Å². The largest absolute Gasteiger partial charge is 0.369 e. The Labute approximate surface area is 110 Å². The van der Waals surface area contributed by atoms with E-state index < -0.39 is 17.6 Å². The number of hydrogen-bond donors (Lipinski definition) is 2. The van der Waals surface area contributed by atoms with Gasteiger partial charge in [0.1, 0.15) is 12.4 Å². The minimum atomic E-state index is -0.757. The lowest BCUT2D eigenvalue weighted by atomic mass is 10.1. The van der Waals surface area contributed by atoms with Gasteiger partial charge >= 0.3 is 0 Å². The van der Waals surface area contributed by atoms with Crippen LogP contribution in [0, 0.1) is 12.7 Å². The number of halogens is 1. The lowest BCUT2D eigenvalue weighted by Gasteiger charge is -2.12. The number of amides is 2. The van der Waals surface area contributed by atoms with E-state index in [4.69, 9.17) is 10.5 Å². The first kappa shape index (κ1) is 15.1. The van der Waals surface area contributed by atoms with Gasteiger partial charge in [0.05, 0.1) is 6.10 Å². The molecule has 0 saturated carbocycles. The van der Waals surface area contributed by atoms with E-state index >= 15 is 0 Å². The molecule has 104 valence electrons. The van der Waals surface area contributed by atoms with Gasteiger partial charge in [-0.25, -0.2) is 4.39 Å². The highest BCUT2D eigenvalue weighted by Crippen LogP contribution is 2.20. The van der Waals surface area contributed by atoms with E-state index in [1.54, 1.807) is 13.8 Å². The van der Waals surface area contributed by atoms with Crippen molar-refractivity contribution < 1.29 is 18.7 Å². The van der Waals surface area contributed by atoms with E-state index in [-0.39, 0.29) is 29.5 Å². The van der Waals surface area contributed by atoms with Crippen LogP contribution < -0.4 is 11.1 Å². The van der Waals surface area contributed by atoms with E-state index in [0.717, 1.165) is 6.07 Å². The highest BCUT2D eigenvalue weighted by atomic mass is 19.1. The Bertz CT molecular complexity index is 501. The summed E-state index contributed by atoms with van der Waals surface area (Å²) in [5.74, 6) is -1.78. The average molecular weight is 268 g/mol. The van der Waals surface area contributed by atoms with Crippen molar-refractivity contribution in [2.24, 2.45) is 5.73 Å². The maximum Gasteiger partial charge on any atom is 0.250 e. The number of nitrogens with one attached hydrogen (secondary N) is 1. The maximum absolute atomic E-state index is 13.6. The predicted octanol–water partition coefficient (Wildman–Crippen LogP) is 1.60. The van der Waals surface area contributed by atoms with Crippen molar-refractivity contribution in [3.63, 3.8) is 0 Å². The van der Waals surface area contributed by atoms with Crippen LogP contribution in [0.15, 0.2) is 12.1 Å². The van der Waals surface area contributed by atoms with Crippen LogP contribution in [0.4, 0.5) is 10.1 Å². The first-order valence-corrected chi connectivity index (χ1v) is 5.82. The molecule has 0 saturated heterocycles. The highest BCUT2D eigenvalue weighted by molar-refractivity contribution is 5.97. The third-order valence-electron chi connectivity index (χ3n) is 2.45. The molecule has 0 spiro atoms. The number of benzene rings is 1. The smallest absolute Gasteiger partial charge is 0.250 e. The van der Waals surface area contributed by atoms with E-state index in [2.05, 4.69) is 5.32 Å². The zero-order chi connectivity index (χ0) is 14.6. The fraction of sp³-hybridized carbons (Fsp3) is 0.385. The molecule has 0 aliphatic carbocycles. The lowest BCUT2D eigenvalue weighted by molar-refractivity contribution is -0.121. The third kappa shape index (κ3) is 4.33. The molecule has 0 atom stereocenters. The Morgan fingerprint density at radius 3 is 2.58 bits per heavy atom. The maximum atomic E-state index is 13.6.